The third kappa shape index (κ3) is 4.15. The average molecular weight is 518 g/mol. The highest BCUT2D eigenvalue weighted by molar-refractivity contribution is 6.00. The summed E-state index contributed by atoms with van der Waals surface area (Å²) in [5.74, 6) is 2.18. The Balaban J connectivity index is 1.39. The van der Waals surface area contributed by atoms with Gasteiger partial charge in [-0.05, 0) is 36.4 Å². The fourth-order valence-electron chi connectivity index (χ4n) is 5.27. The second kappa shape index (κ2) is 9.48. The van der Waals surface area contributed by atoms with Crippen molar-refractivity contribution in [3.8, 4) is 11.3 Å². The van der Waals surface area contributed by atoms with E-state index in [1.807, 2.05) is 48.1 Å². The number of hydrogen-bond acceptors (Lipinski definition) is 9. The Morgan fingerprint density at radius 2 is 1.74 bits per heavy atom. The predicted octanol–water partition coefficient (Wildman–Crippen LogP) is 4.10. The van der Waals surface area contributed by atoms with E-state index in [2.05, 4.69) is 49.4 Å². The second-order valence-electron chi connectivity index (χ2n) is 9.58. The first-order chi connectivity index (χ1) is 19.2. The van der Waals surface area contributed by atoms with Gasteiger partial charge in [0.1, 0.15) is 29.5 Å². The summed E-state index contributed by atoms with van der Waals surface area (Å²) < 4.78 is 7.57. The molecule has 194 valence electrons. The number of nitrogens with zero attached hydrogens (tertiary/aromatic N) is 7. The Morgan fingerprint density at radius 1 is 0.923 bits per heavy atom. The second-order valence-corrected chi connectivity index (χ2v) is 9.58. The highest BCUT2D eigenvalue weighted by Crippen LogP contribution is 2.34. The van der Waals surface area contributed by atoms with Crippen LogP contribution in [0.2, 0.25) is 0 Å². The molecule has 10 heteroatoms. The normalized spacial score (nSPS) is 13.9. The van der Waals surface area contributed by atoms with E-state index in [1.165, 1.54) is 0 Å². The maximum atomic E-state index is 5.90. The smallest absolute Gasteiger partial charge is 0.164 e. The molecule has 7 rings (SSSR count). The summed E-state index contributed by atoms with van der Waals surface area (Å²) in [5.41, 5.74) is 11.3. The molecule has 0 saturated carbocycles. The van der Waals surface area contributed by atoms with E-state index >= 15 is 0 Å². The van der Waals surface area contributed by atoms with Crippen molar-refractivity contribution in [1.82, 2.24) is 29.7 Å². The predicted molar refractivity (Wildman–Crippen MR) is 154 cm³/mol. The third-order valence-electron chi connectivity index (χ3n) is 7.16. The number of anilines is 3. The fraction of sp³-hybridized carbons (Fsp3) is 0.207. The lowest BCUT2D eigenvalue weighted by Gasteiger charge is -2.29. The van der Waals surface area contributed by atoms with Crippen LogP contribution >= 0.6 is 0 Å². The zero-order chi connectivity index (χ0) is 26.3. The molecule has 4 aromatic heterocycles. The van der Waals surface area contributed by atoms with Gasteiger partial charge in [-0.25, -0.2) is 24.6 Å². The van der Waals surface area contributed by atoms with Crippen LogP contribution in [0.15, 0.2) is 67.0 Å². The number of nitrogens with two attached hydrogens (primary N) is 1. The Hall–Kier alpha value is -4.83. The molecule has 1 aliphatic heterocycles. The van der Waals surface area contributed by atoms with Crippen LogP contribution in [0.1, 0.15) is 5.56 Å². The number of pyridine rings is 2. The number of fused-ring (bicyclic) bond motifs is 3. The van der Waals surface area contributed by atoms with Gasteiger partial charge in [-0.1, -0.05) is 24.3 Å². The molecule has 2 aromatic carbocycles. The van der Waals surface area contributed by atoms with E-state index in [-0.39, 0.29) is 0 Å². The number of morpholine rings is 1. The van der Waals surface area contributed by atoms with Crippen molar-refractivity contribution in [3.05, 3.63) is 72.6 Å². The highest BCUT2D eigenvalue weighted by atomic mass is 16.5. The van der Waals surface area contributed by atoms with E-state index < -0.39 is 0 Å². The molecule has 0 spiro atoms. The number of nitrogen functional groups attached to an aromatic ring is 1. The number of ether oxygens (including phenoxy) is 1. The minimum absolute atomic E-state index is 0.496. The third-order valence-corrected chi connectivity index (χ3v) is 7.16. The van der Waals surface area contributed by atoms with Crippen LogP contribution in [0.4, 0.5) is 17.5 Å². The molecular formula is C29H27N9O. The lowest BCUT2D eigenvalue weighted by atomic mass is 10.1. The van der Waals surface area contributed by atoms with Crippen LogP contribution < -0.4 is 16.0 Å². The van der Waals surface area contributed by atoms with Gasteiger partial charge in [-0.2, -0.15) is 5.10 Å². The zero-order valence-corrected chi connectivity index (χ0v) is 21.5. The van der Waals surface area contributed by atoms with Gasteiger partial charge in [0.05, 0.1) is 36.2 Å². The molecule has 10 nitrogen and oxygen atoms in total. The first-order valence-corrected chi connectivity index (χ1v) is 13.0. The Bertz CT molecular complexity index is 1840. The maximum absolute atomic E-state index is 5.90. The summed E-state index contributed by atoms with van der Waals surface area (Å²) >= 11 is 0. The Morgan fingerprint density at radius 3 is 2.62 bits per heavy atom. The van der Waals surface area contributed by atoms with Crippen molar-refractivity contribution in [1.29, 1.82) is 0 Å². The summed E-state index contributed by atoms with van der Waals surface area (Å²) in [7, 11) is 1.86. The van der Waals surface area contributed by atoms with Gasteiger partial charge >= 0.3 is 0 Å². The topological polar surface area (TPSA) is 120 Å². The monoisotopic (exact) mass is 517 g/mol. The summed E-state index contributed by atoms with van der Waals surface area (Å²) in [5, 5.41) is 11.3. The number of aromatic nitrogens is 6. The molecule has 0 atom stereocenters. The van der Waals surface area contributed by atoms with E-state index in [9.17, 15) is 0 Å². The number of para-hydroxylation sites is 1. The first-order valence-electron chi connectivity index (χ1n) is 13.0. The SMILES string of the molecule is CNc1ncnc2c1c(-c1ccc3nc(N)ccc3c1)nn2Cc1cc2ccccc2nc1N1CCOCC1. The van der Waals surface area contributed by atoms with Crippen molar-refractivity contribution in [2.45, 2.75) is 6.54 Å². The molecule has 0 bridgehead atoms. The number of nitrogens with one attached hydrogen (secondary N) is 1. The van der Waals surface area contributed by atoms with Crippen molar-refractivity contribution in [2.24, 2.45) is 0 Å². The van der Waals surface area contributed by atoms with Gasteiger partial charge in [-0.3, -0.25) is 0 Å². The molecular weight excluding hydrogens is 490 g/mol. The van der Waals surface area contributed by atoms with E-state index in [1.54, 1.807) is 6.33 Å². The summed E-state index contributed by atoms with van der Waals surface area (Å²) in [6, 6.07) is 20.3. The van der Waals surface area contributed by atoms with Gasteiger partial charge < -0.3 is 20.7 Å². The molecule has 0 radical (unpaired) electrons. The molecule has 6 aromatic rings. The van der Waals surface area contributed by atoms with Crippen molar-refractivity contribution in [3.63, 3.8) is 0 Å². The van der Waals surface area contributed by atoms with E-state index in [4.69, 9.17) is 20.6 Å². The van der Waals surface area contributed by atoms with Crippen LogP contribution in [0.5, 0.6) is 0 Å². The molecule has 0 aliphatic carbocycles. The highest BCUT2D eigenvalue weighted by Gasteiger charge is 2.22. The van der Waals surface area contributed by atoms with Gasteiger partial charge in [0.2, 0.25) is 0 Å². The van der Waals surface area contributed by atoms with E-state index in [0.29, 0.717) is 25.6 Å². The first kappa shape index (κ1) is 23.3. The van der Waals surface area contributed by atoms with Crippen molar-refractivity contribution < 1.29 is 4.74 Å². The minimum Gasteiger partial charge on any atom is -0.384 e. The lowest BCUT2D eigenvalue weighted by Crippen LogP contribution is -2.37. The molecule has 1 aliphatic rings. The van der Waals surface area contributed by atoms with Gasteiger partial charge in [0.25, 0.3) is 0 Å². The standard InChI is InChI=1S/C29H27N9O/c1-31-27-25-26(20-6-8-23-19(14-20)7-9-24(30)34-23)36-38(29(25)33-17-32-27)16-21-15-18-4-2-3-5-22(18)35-28(21)37-10-12-39-13-11-37/h2-9,14-15,17H,10-13,16H2,1H3,(H2,30,34)(H,31,32,33). The molecule has 0 unspecified atom stereocenters. The molecule has 5 heterocycles. The van der Waals surface area contributed by atoms with Gasteiger partial charge in [0, 0.05) is 42.0 Å². The van der Waals surface area contributed by atoms with Crippen molar-refractivity contribution >= 4 is 50.3 Å². The molecule has 1 saturated heterocycles. The zero-order valence-electron chi connectivity index (χ0n) is 21.5. The molecule has 1 fully saturated rings. The van der Waals surface area contributed by atoms with Crippen LogP contribution in [0.25, 0.3) is 44.1 Å². The van der Waals surface area contributed by atoms with Crippen LogP contribution in [0, 0.1) is 0 Å². The average Bonchev–Trinajstić information content (AvgIpc) is 3.35. The lowest BCUT2D eigenvalue weighted by molar-refractivity contribution is 0.122. The molecule has 0 amide bonds. The van der Waals surface area contributed by atoms with E-state index in [0.717, 1.165) is 74.4 Å². The maximum Gasteiger partial charge on any atom is 0.164 e. The quantitative estimate of drug-likeness (QED) is 0.348. The Kier molecular flexibility index (Phi) is 5.66. The summed E-state index contributed by atoms with van der Waals surface area (Å²) in [6.45, 7) is 3.47. The van der Waals surface area contributed by atoms with Crippen molar-refractivity contribution in [2.75, 3.05) is 49.3 Å². The Labute approximate surface area is 224 Å². The number of rotatable bonds is 5. The summed E-state index contributed by atoms with van der Waals surface area (Å²) in [4.78, 5) is 21.0. The number of benzene rings is 2. The van der Waals surface area contributed by atoms with Crippen LogP contribution in [0.3, 0.4) is 0 Å². The fourth-order valence-corrected chi connectivity index (χ4v) is 5.27. The molecule has 39 heavy (non-hydrogen) atoms. The van der Waals surface area contributed by atoms with Crippen LogP contribution in [-0.2, 0) is 11.3 Å². The summed E-state index contributed by atoms with van der Waals surface area (Å²) in [6.07, 6.45) is 1.57. The van der Waals surface area contributed by atoms with Gasteiger partial charge in [-0.15, -0.1) is 0 Å². The molecule has 3 N–H and O–H groups in total. The van der Waals surface area contributed by atoms with Gasteiger partial charge in [0.15, 0.2) is 5.65 Å². The largest absolute Gasteiger partial charge is 0.384 e. The number of hydrogen-bond donors (Lipinski definition) is 2. The van der Waals surface area contributed by atoms with Crippen LogP contribution in [-0.4, -0.2) is 63.1 Å². The minimum atomic E-state index is 0.496.